The Kier molecular flexibility index (Phi) is 6.17. The number of nitrogens with one attached hydrogen (secondary N) is 2. The fourth-order valence-electron chi connectivity index (χ4n) is 2.90. The van der Waals surface area contributed by atoms with Crippen LogP contribution in [0, 0.1) is 13.8 Å². The molecule has 2 amide bonds. The first-order valence-corrected chi connectivity index (χ1v) is 9.19. The van der Waals surface area contributed by atoms with Crippen LogP contribution in [0.15, 0.2) is 73.1 Å². The maximum absolute atomic E-state index is 12.3. The largest absolute Gasteiger partial charge is 0.348 e. The Labute approximate surface area is 165 Å². The number of rotatable bonds is 6. The minimum atomic E-state index is -0.143. The lowest BCUT2D eigenvalue weighted by molar-refractivity contribution is -0.684. The number of benzene rings is 2. The third-order valence-electron chi connectivity index (χ3n) is 4.43. The molecule has 5 nitrogen and oxygen atoms in total. The fourth-order valence-corrected chi connectivity index (χ4v) is 2.90. The summed E-state index contributed by atoms with van der Waals surface area (Å²) in [6, 6.07) is 19.1. The molecule has 0 aliphatic heterocycles. The predicted molar refractivity (Wildman–Crippen MR) is 109 cm³/mol. The van der Waals surface area contributed by atoms with E-state index >= 15 is 0 Å². The second-order valence-electron chi connectivity index (χ2n) is 6.79. The molecular weight excluding hydrogens is 350 g/mol. The second kappa shape index (κ2) is 8.95. The number of carbonyl (C=O) groups excluding carboxylic acids is 2. The Morgan fingerprint density at radius 2 is 1.64 bits per heavy atom. The average molecular weight is 374 g/mol. The minimum absolute atomic E-state index is 0.113. The van der Waals surface area contributed by atoms with Gasteiger partial charge in [-0.25, -0.2) is 0 Å². The molecule has 0 aliphatic carbocycles. The van der Waals surface area contributed by atoms with E-state index in [0.717, 1.165) is 22.4 Å². The van der Waals surface area contributed by atoms with Gasteiger partial charge in [0.05, 0.1) is 5.56 Å². The number of amides is 2. The van der Waals surface area contributed by atoms with Crippen molar-refractivity contribution < 1.29 is 14.2 Å². The van der Waals surface area contributed by atoms with Crippen molar-refractivity contribution in [1.82, 2.24) is 5.32 Å². The van der Waals surface area contributed by atoms with E-state index in [1.54, 1.807) is 29.1 Å². The first-order valence-electron chi connectivity index (χ1n) is 9.19. The van der Waals surface area contributed by atoms with E-state index in [9.17, 15) is 9.59 Å². The van der Waals surface area contributed by atoms with E-state index < -0.39 is 0 Å². The highest BCUT2D eigenvalue weighted by Gasteiger charge is 2.13. The van der Waals surface area contributed by atoms with Gasteiger partial charge in [-0.2, -0.15) is 4.57 Å². The zero-order valence-corrected chi connectivity index (χ0v) is 16.1. The van der Waals surface area contributed by atoms with Gasteiger partial charge in [-0.15, -0.1) is 0 Å². The first-order chi connectivity index (χ1) is 13.5. The summed E-state index contributed by atoms with van der Waals surface area (Å²) in [5.41, 5.74) is 4.61. The van der Waals surface area contributed by atoms with Gasteiger partial charge < -0.3 is 10.6 Å². The third-order valence-corrected chi connectivity index (χ3v) is 4.43. The summed E-state index contributed by atoms with van der Waals surface area (Å²) in [5.74, 6) is -0.256. The zero-order valence-electron chi connectivity index (χ0n) is 16.1. The fraction of sp³-hybridized carbons (Fsp3) is 0.174. The van der Waals surface area contributed by atoms with Crippen LogP contribution in [0.3, 0.4) is 0 Å². The van der Waals surface area contributed by atoms with Crippen molar-refractivity contribution >= 4 is 17.5 Å². The Bertz CT molecular complexity index is 967. The number of hydrogen-bond acceptors (Lipinski definition) is 2. The van der Waals surface area contributed by atoms with Crippen LogP contribution < -0.4 is 15.2 Å². The number of aryl methyl sites for hydroxylation is 2. The third kappa shape index (κ3) is 5.27. The van der Waals surface area contributed by atoms with Gasteiger partial charge in [-0.05, 0) is 31.0 Å². The highest BCUT2D eigenvalue weighted by atomic mass is 16.2. The van der Waals surface area contributed by atoms with Crippen molar-refractivity contribution in [2.45, 2.75) is 26.9 Å². The normalized spacial score (nSPS) is 10.4. The van der Waals surface area contributed by atoms with Gasteiger partial charge in [0, 0.05) is 24.4 Å². The molecule has 2 N–H and O–H groups in total. The maximum atomic E-state index is 12.3. The lowest BCUT2D eigenvalue weighted by Crippen LogP contribution is -2.40. The maximum Gasteiger partial charge on any atom is 0.290 e. The van der Waals surface area contributed by atoms with E-state index in [1.807, 2.05) is 62.4 Å². The number of carbonyl (C=O) groups is 2. The molecule has 0 atom stereocenters. The Morgan fingerprint density at radius 1 is 0.929 bits per heavy atom. The molecule has 0 unspecified atom stereocenters. The summed E-state index contributed by atoms with van der Waals surface area (Å²) in [6.45, 7) is 4.65. The number of aromatic nitrogens is 1. The lowest BCUT2D eigenvalue weighted by atomic mass is 10.1. The molecule has 0 saturated heterocycles. The standard InChI is InChI=1S/C23H23N3O2/c1-17-8-9-21(18(2)14-17)25-22(27)16-26-12-10-20(11-13-26)23(28)24-15-19-6-4-3-5-7-19/h3-14H,15-16H2,1-2H3,(H-,24,25,27,28)/p+1. The molecule has 1 heterocycles. The zero-order chi connectivity index (χ0) is 19.9. The lowest BCUT2D eigenvalue weighted by Gasteiger charge is -2.08. The van der Waals surface area contributed by atoms with Crippen LogP contribution in [0.4, 0.5) is 5.69 Å². The molecule has 0 aliphatic rings. The molecule has 142 valence electrons. The van der Waals surface area contributed by atoms with Crippen molar-refractivity contribution in [3.63, 3.8) is 0 Å². The van der Waals surface area contributed by atoms with Gasteiger partial charge in [0.15, 0.2) is 12.4 Å². The quantitative estimate of drug-likeness (QED) is 0.651. The van der Waals surface area contributed by atoms with E-state index in [2.05, 4.69) is 10.6 Å². The monoisotopic (exact) mass is 374 g/mol. The Balaban J connectivity index is 1.54. The summed E-state index contributed by atoms with van der Waals surface area (Å²) in [5, 5.41) is 5.81. The topological polar surface area (TPSA) is 62.1 Å². The van der Waals surface area contributed by atoms with Crippen LogP contribution in [0.25, 0.3) is 0 Å². The highest BCUT2D eigenvalue weighted by Crippen LogP contribution is 2.15. The van der Waals surface area contributed by atoms with Gasteiger partial charge in [-0.3, -0.25) is 9.59 Å². The van der Waals surface area contributed by atoms with Gasteiger partial charge >= 0.3 is 0 Å². The van der Waals surface area contributed by atoms with Crippen molar-refractivity contribution in [1.29, 1.82) is 0 Å². The van der Waals surface area contributed by atoms with Crippen LogP contribution in [0.1, 0.15) is 27.0 Å². The number of nitrogens with zero attached hydrogens (tertiary/aromatic N) is 1. The second-order valence-corrected chi connectivity index (χ2v) is 6.79. The first kappa shape index (κ1) is 19.3. The molecule has 0 spiro atoms. The molecule has 28 heavy (non-hydrogen) atoms. The van der Waals surface area contributed by atoms with Crippen molar-refractivity contribution in [2.24, 2.45) is 0 Å². The Hall–Kier alpha value is -3.47. The molecule has 3 aromatic rings. The molecular formula is C23H24N3O2+. The summed E-state index contributed by atoms with van der Waals surface area (Å²) >= 11 is 0. The molecule has 0 bridgehead atoms. The highest BCUT2D eigenvalue weighted by molar-refractivity contribution is 5.94. The van der Waals surface area contributed by atoms with Crippen molar-refractivity contribution in [2.75, 3.05) is 5.32 Å². The number of pyridine rings is 1. The average Bonchev–Trinajstić information content (AvgIpc) is 2.69. The van der Waals surface area contributed by atoms with E-state index in [4.69, 9.17) is 0 Å². The molecule has 2 aromatic carbocycles. The number of hydrogen-bond donors (Lipinski definition) is 2. The molecule has 3 rings (SSSR count). The van der Waals surface area contributed by atoms with Crippen molar-refractivity contribution in [3.05, 3.63) is 95.3 Å². The van der Waals surface area contributed by atoms with Gasteiger partial charge in [0.2, 0.25) is 6.54 Å². The van der Waals surface area contributed by atoms with E-state index in [-0.39, 0.29) is 18.4 Å². The van der Waals surface area contributed by atoms with E-state index in [1.165, 1.54) is 0 Å². The molecule has 0 saturated carbocycles. The Morgan fingerprint density at radius 3 is 2.32 bits per heavy atom. The van der Waals surface area contributed by atoms with Gasteiger partial charge in [-0.1, -0.05) is 48.0 Å². The van der Waals surface area contributed by atoms with Crippen LogP contribution in [0.5, 0.6) is 0 Å². The summed E-state index contributed by atoms with van der Waals surface area (Å²) in [7, 11) is 0. The smallest absolute Gasteiger partial charge is 0.290 e. The van der Waals surface area contributed by atoms with Gasteiger partial charge in [0.25, 0.3) is 11.8 Å². The van der Waals surface area contributed by atoms with Crippen LogP contribution in [-0.2, 0) is 17.9 Å². The van der Waals surface area contributed by atoms with Gasteiger partial charge in [0.1, 0.15) is 0 Å². The van der Waals surface area contributed by atoms with Crippen LogP contribution in [0.2, 0.25) is 0 Å². The number of anilines is 1. The molecule has 5 heteroatoms. The summed E-state index contributed by atoms with van der Waals surface area (Å²) in [6.07, 6.45) is 3.47. The molecule has 1 aromatic heterocycles. The van der Waals surface area contributed by atoms with E-state index in [0.29, 0.717) is 12.1 Å². The molecule has 0 fully saturated rings. The predicted octanol–water partition coefficient (Wildman–Crippen LogP) is 3.16. The SMILES string of the molecule is Cc1ccc(NC(=O)C[n+]2ccc(C(=O)NCc3ccccc3)cc2)c(C)c1. The van der Waals surface area contributed by atoms with Crippen LogP contribution >= 0.6 is 0 Å². The van der Waals surface area contributed by atoms with Crippen molar-refractivity contribution in [3.8, 4) is 0 Å². The minimum Gasteiger partial charge on any atom is -0.348 e. The summed E-state index contributed by atoms with van der Waals surface area (Å²) in [4.78, 5) is 24.5. The molecule has 0 radical (unpaired) electrons. The van der Waals surface area contributed by atoms with Crippen LogP contribution in [-0.4, -0.2) is 11.8 Å². The summed E-state index contributed by atoms with van der Waals surface area (Å²) < 4.78 is 1.74.